The third-order valence-electron chi connectivity index (χ3n) is 4.32. The maximum Gasteiger partial charge on any atom is 0.191 e. The summed E-state index contributed by atoms with van der Waals surface area (Å²) in [6.45, 7) is 7.15. The molecule has 4 nitrogen and oxygen atoms in total. The lowest BCUT2D eigenvalue weighted by atomic mass is 10.1. The van der Waals surface area contributed by atoms with Crippen LogP contribution < -0.4 is 5.73 Å². The van der Waals surface area contributed by atoms with E-state index in [4.69, 9.17) is 5.73 Å². The van der Waals surface area contributed by atoms with Gasteiger partial charge in [-0.3, -0.25) is 9.89 Å². The van der Waals surface area contributed by atoms with Crippen molar-refractivity contribution in [2.75, 3.05) is 26.7 Å². The lowest BCUT2D eigenvalue weighted by molar-refractivity contribution is 0.224. The molecular weight excluding hydrogens is 260 g/mol. The number of hydrogen-bond acceptors (Lipinski definition) is 2. The van der Waals surface area contributed by atoms with E-state index in [0.29, 0.717) is 24.6 Å². The molecule has 1 fully saturated rings. The summed E-state index contributed by atoms with van der Waals surface area (Å²) in [5, 5.41) is 0. The van der Waals surface area contributed by atoms with Crippen LogP contribution >= 0.6 is 0 Å². The van der Waals surface area contributed by atoms with E-state index >= 15 is 0 Å². The molecule has 0 radical (unpaired) electrons. The molecule has 1 aliphatic carbocycles. The summed E-state index contributed by atoms with van der Waals surface area (Å²) in [6.07, 6.45) is 2.48. The molecule has 1 aromatic rings. The molecule has 0 heterocycles. The van der Waals surface area contributed by atoms with Crippen LogP contribution in [0.1, 0.15) is 38.3 Å². The molecule has 2 N–H and O–H groups in total. The van der Waals surface area contributed by atoms with Crippen LogP contribution in [0, 0.1) is 0 Å². The molecule has 1 aliphatic rings. The Kier molecular flexibility index (Phi) is 5.62. The summed E-state index contributed by atoms with van der Waals surface area (Å²) in [4.78, 5) is 9.21. The first-order chi connectivity index (χ1) is 10.2. The number of aliphatic imine (C=N–C) groups is 1. The van der Waals surface area contributed by atoms with Crippen molar-refractivity contribution in [2.45, 2.75) is 38.8 Å². The van der Waals surface area contributed by atoms with Crippen LogP contribution in [0.3, 0.4) is 0 Å². The minimum atomic E-state index is 0.298. The number of nitrogens with two attached hydrogens (primary N) is 1. The molecule has 1 aromatic carbocycles. The number of rotatable bonds is 7. The fraction of sp³-hybridized carbons (Fsp3) is 0.588. The largest absolute Gasteiger partial charge is 0.370 e. The van der Waals surface area contributed by atoms with Gasteiger partial charge in [-0.05, 0) is 31.5 Å². The molecule has 0 spiro atoms. The predicted octanol–water partition coefficient (Wildman–Crippen LogP) is 2.48. The SMILES string of the molecule is CCN(CC)C(CN=C(N)N(C)C1CC1)c1ccccc1. The van der Waals surface area contributed by atoms with Gasteiger partial charge in [-0.2, -0.15) is 0 Å². The number of likely N-dealkylation sites (N-methyl/N-ethyl adjacent to an activating group) is 1. The highest BCUT2D eigenvalue weighted by molar-refractivity contribution is 5.78. The molecule has 1 unspecified atom stereocenters. The summed E-state index contributed by atoms with van der Waals surface area (Å²) in [6, 6.07) is 11.5. The monoisotopic (exact) mass is 288 g/mol. The second kappa shape index (κ2) is 7.46. The Morgan fingerprint density at radius 2 is 1.86 bits per heavy atom. The minimum absolute atomic E-state index is 0.298. The van der Waals surface area contributed by atoms with Crippen molar-refractivity contribution in [1.82, 2.24) is 9.80 Å². The lowest BCUT2D eigenvalue weighted by Crippen LogP contribution is -2.37. The van der Waals surface area contributed by atoms with E-state index in [9.17, 15) is 0 Å². The zero-order chi connectivity index (χ0) is 15.2. The average molecular weight is 288 g/mol. The van der Waals surface area contributed by atoms with Gasteiger partial charge in [0.25, 0.3) is 0 Å². The highest BCUT2D eigenvalue weighted by atomic mass is 15.3. The molecule has 0 aliphatic heterocycles. The van der Waals surface area contributed by atoms with E-state index in [2.05, 4.69) is 59.0 Å². The van der Waals surface area contributed by atoms with Gasteiger partial charge >= 0.3 is 0 Å². The van der Waals surface area contributed by atoms with E-state index in [1.54, 1.807) is 0 Å². The molecule has 1 saturated carbocycles. The first-order valence-electron chi connectivity index (χ1n) is 7.99. The summed E-state index contributed by atoms with van der Waals surface area (Å²) in [5.74, 6) is 0.672. The predicted molar refractivity (Wildman–Crippen MR) is 89.4 cm³/mol. The number of benzene rings is 1. The lowest BCUT2D eigenvalue weighted by Gasteiger charge is -2.29. The zero-order valence-electron chi connectivity index (χ0n) is 13.5. The quantitative estimate of drug-likeness (QED) is 0.619. The highest BCUT2D eigenvalue weighted by Gasteiger charge is 2.27. The zero-order valence-corrected chi connectivity index (χ0v) is 13.5. The molecule has 21 heavy (non-hydrogen) atoms. The van der Waals surface area contributed by atoms with Gasteiger partial charge in [0.1, 0.15) is 0 Å². The summed E-state index contributed by atoms with van der Waals surface area (Å²) >= 11 is 0. The maximum atomic E-state index is 6.12. The van der Waals surface area contributed by atoms with Gasteiger partial charge in [0.15, 0.2) is 5.96 Å². The van der Waals surface area contributed by atoms with Crippen molar-refractivity contribution in [2.24, 2.45) is 10.7 Å². The van der Waals surface area contributed by atoms with Gasteiger partial charge in [-0.15, -0.1) is 0 Å². The third kappa shape index (κ3) is 4.21. The first-order valence-corrected chi connectivity index (χ1v) is 7.99. The highest BCUT2D eigenvalue weighted by Crippen LogP contribution is 2.25. The molecule has 4 heteroatoms. The maximum absolute atomic E-state index is 6.12. The summed E-state index contributed by atoms with van der Waals surface area (Å²) < 4.78 is 0. The van der Waals surface area contributed by atoms with Crippen LogP contribution in [0.5, 0.6) is 0 Å². The Morgan fingerprint density at radius 3 is 2.38 bits per heavy atom. The van der Waals surface area contributed by atoms with E-state index in [1.807, 2.05) is 7.05 Å². The molecule has 116 valence electrons. The average Bonchev–Trinajstić information content (AvgIpc) is 3.36. The Hall–Kier alpha value is -1.55. The number of guanidine groups is 1. The van der Waals surface area contributed by atoms with Crippen LogP contribution in [0.4, 0.5) is 0 Å². The van der Waals surface area contributed by atoms with Gasteiger partial charge in [0.05, 0.1) is 12.6 Å². The van der Waals surface area contributed by atoms with Crippen molar-refractivity contribution in [3.05, 3.63) is 35.9 Å². The van der Waals surface area contributed by atoms with E-state index in [0.717, 1.165) is 13.1 Å². The topological polar surface area (TPSA) is 44.9 Å². The Bertz CT molecular complexity index is 449. The van der Waals surface area contributed by atoms with Gasteiger partial charge in [0.2, 0.25) is 0 Å². The van der Waals surface area contributed by atoms with Gasteiger partial charge in [-0.25, -0.2) is 0 Å². The molecule has 0 aromatic heterocycles. The van der Waals surface area contributed by atoms with E-state index < -0.39 is 0 Å². The Labute approximate surface area is 128 Å². The van der Waals surface area contributed by atoms with E-state index in [-0.39, 0.29) is 0 Å². The number of nitrogens with zero attached hydrogens (tertiary/aromatic N) is 3. The van der Waals surface area contributed by atoms with Gasteiger partial charge in [-0.1, -0.05) is 44.2 Å². The summed E-state index contributed by atoms with van der Waals surface area (Å²) in [7, 11) is 2.05. The van der Waals surface area contributed by atoms with Crippen LogP contribution in [0.2, 0.25) is 0 Å². The van der Waals surface area contributed by atoms with Crippen LogP contribution in [-0.4, -0.2) is 48.5 Å². The molecule has 2 rings (SSSR count). The molecule has 0 saturated heterocycles. The van der Waals surface area contributed by atoms with Crippen molar-refractivity contribution in [3.63, 3.8) is 0 Å². The molecule has 0 bridgehead atoms. The Morgan fingerprint density at radius 1 is 1.24 bits per heavy atom. The molecule has 0 amide bonds. The van der Waals surface area contributed by atoms with Crippen molar-refractivity contribution >= 4 is 5.96 Å². The van der Waals surface area contributed by atoms with Crippen molar-refractivity contribution < 1.29 is 0 Å². The van der Waals surface area contributed by atoms with Crippen LogP contribution in [0.25, 0.3) is 0 Å². The minimum Gasteiger partial charge on any atom is -0.370 e. The van der Waals surface area contributed by atoms with Gasteiger partial charge in [0, 0.05) is 13.1 Å². The Balaban J connectivity index is 2.10. The van der Waals surface area contributed by atoms with Crippen molar-refractivity contribution in [1.29, 1.82) is 0 Å². The van der Waals surface area contributed by atoms with Crippen molar-refractivity contribution in [3.8, 4) is 0 Å². The second-order valence-corrected chi connectivity index (χ2v) is 5.69. The smallest absolute Gasteiger partial charge is 0.191 e. The van der Waals surface area contributed by atoms with E-state index in [1.165, 1.54) is 18.4 Å². The van der Waals surface area contributed by atoms with Crippen LogP contribution in [-0.2, 0) is 0 Å². The molecular formula is C17H28N4. The summed E-state index contributed by atoms with van der Waals surface area (Å²) in [5.41, 5.74) is 7.44. The normalized spacial score (nSPS) is 17.0. The number of hydrogen-bond donors (Lipinski definition) is 1. The van der Waals surface area contributed by atoms with Gasteiger partial charge < -0.3 is 10.6 Å². The fourth-order valence-electron chi connectivity index (χ4n) is 2.71. The fourth-order valence-corrected chi connectivity index (χ4v) is 2.71. The second-order valence-electron chi connectivity index (χ2n) is 5.69. The first kappa shape index (κ1) is 15.8. The van der Waals surface area contributed by atoms with Crippen LogP contribution in [0.15, 0.2) is 35.3 Å². The molecule has 1 atom stereocenters. The standard InChI is InChI=1S/C17H28N4/c1-4-21(5-2)16(14-9-7-6-8-10-14)13-19-17(18)20(3)15-11-12-15/h6-10,15-16H,4-5,11-13H2,1-3H3,(H2,18,19). The third-order valence-corrected chi connectivity index (χ3v) is 4.32.